The molecule has 3 nitrogen and oxygen atoms in total. The number of benzene rings is 1. The molecular weight excluding hydrogens is 385 g/mol. The van der Waals surface area contributed by atoms with Crippen molar-refractivity contribution in [2.24, 2.45) is 0 Å². The predicted octanol–water partition coefficient (Wildman–Crippen LogP) is 6.02. The van der Waals surface area contributed by atoms with Crippen LogP contribution in [0.2, 0.25) is 0 Å². The van der Waals surface area contributed by atoms with Gasteiger partial charge in [0, 0.05) is 51.0 Å². The molecule has 1 heterocycles. The summed E-state index contributed by atoms with van der Waals surface area (Å²) < 4.78 is 1.69. The summed E-state index contributed by atoms with van der Waals surface area (Å²) in [6, 6.07) is 15.3. The largest absolute Gasteiger partial charge is 0.313 e. The summed E-state index contributed by atoms with van der Waals surface area (Å²) in [5.74, 6) is 0.503. The van der Waals surface area contributed by atoms with Crippen LogP contribution in [0.25, 0.3) is 0 Å². The summed E-state index contributed by atoms with van der Waals surface area (Å²) in [5, 5.41) is 8.59. The van der Waals surface area contributed by atoms with Gasteiger partial charge in [-0.3, -0.25) is 4.79 Å². The molecule has 0 aliphatic rings. The van der Waals surface area contributed by atoms with Crippen molar-refractivity contribution in [1.29, 1.82) is 5.26 Å². The second-order valence-corrected chi connectivity index (χ2v) is 5.43. The number of pyridine rings is 1. The molecule has 0 atom stereocenters. The molecule has 0 aliphatic carbocycles. The first-order valence-corrected chi connectivity index (χ1v) is 7.13. The Labute approximate surface area is 180 Å². The molecule has 4 heteroatoms. The van der Waals surface area contributed by atoms with Gasteiger partial charge in [-0.25, -0.2) is 0 Å². The monoisotopic (exact) mass is 419 g/mol. The molecular formula is C21H34N2OY. The number of nitrogens with zero attached hydrogens (tertiary/aromatic N) is 2. The van der Waals surface area contributed by atoms with Crippen LogP contribution in [0.15, 0.2) is 53.5 Å². The van der Waals surface area contributed by atoms with Crippen LogP contribution in [0.5, 0.6) is 0 Å². The van der Waals surface area contributed by atoms with Gasteiger partial charge in [-0.05, 0) is 43.5 Å². The number of hydrogen-bond donors (Lipinski definition) is 0. The first kappa shape index (κ1) is 31.5. The molecule has 137 valence electrons. The molecule has 1 aromatic carbocycles. The average molecular weight is 419 g/mol. The van der Waals surface area contributed by atoms with E-state index in [1.165, 1.54) is 5.56 Å². The Balaban J connectivity index is -0.000000152. The minimum Gasteiger partial charge on any atom is -0.313 e. The zero-order valence-electron chi connectivity index (χ0n) is 13.7. The fourth-order valence-corrected chi connectivity index (χ4v) is 1.83. The molecule has 0 N–H and O–H groups in total. The van der Waals surface area contributed by atoms with E-state index in [9.17, 15) is 4.79 Å². The number of aromatic nitrogens is 1. The minimum atomic E-state index is 0. The summed E-state index contributed by atoms with van der Waals surface area (Å²) >= 11 is 0. The van der Waals surface area contributed by atoms with Crippen LogP contribution >= 0.6 is 0 Å². The fourth-order valence-electron chi connectivity index (χ4n) is 1.83. The first-order valence-electron chi connectivity index (χ1n) is 7.13. The van der Waals surface area contributed by atoms with Crippen molar-refractivity contribution < 1.29 is 32.7 Å². The molecule has 0 bridgehead atoms. The molecule has 0 saturated heterocycles. The van der Waals surface area contributed by atoms with Gasteiger partial charge in [0.1, 0.15) is 0 Å². The van der Waals surface area contributed by atoms with E-state index >= 15 is 0 Å². The third kappa shape index (κ3) is 11.1. The van der Waals surface area contributed by atoms with Crippen LogP contribution in [-0.2, 0) is 32.7 Å². The van der Waals surface area contributed by atoms with Crippen molar-refractivity contribution in [2.45, 2.75) is 61.9 Å². The van der Waals surface area contributed by atoms with E-state index in [-0.39, 0.29) is 66.6 Å². The molecule has 1 radical (unpaired) electrons. The zero-order chi connectivity index (χ0) is 15.8. The van der Waals surface area contributed by atoms with Crippen molar-refractivity contribution in [2.75, 3.05) is 0 Å². The smallest absolute Gasteiger partial charge is 0.250 e. The normalized spacial score (nSPS) is 8.36. The molecule has 1 aromatic heterocycles. The van der Waals surface area contributed by atoms with Gasteiger partial charge in [-0.15, -0.1) is 0 Å². The predicted molar refractivity (Wildman–Crippen MR) is 107 cm³/mol. The van der Waals surface area contributed by atoms with Gasteiger partial charge < -0.3 is 4.57 Å². The third-order valence-corrected chi connectivity index (χ3v) is 3.09. The Morgan fingerprint density at radius 1 is 0.960 bits per heavy atom. The second-order valence-electron chi connectivity index (χ2n) is 5.43. The maximum Gasteiger partial charge on any atom is 0.250 e. The molecule has 25 heavy (non-hydrogen) atoms. The molecule has 0 unspecified atom stereocenters. The van der Waals surface area contributed by atoms with E-state index in [1.54, 1.807) is 22.9 Å². The fraction of sp³-hybridized carbons (Fsp3) is 0.429. The molecule has 0 saturated carbocycles. The average Bonchev–Trinajstić information content (AvgIpc) is 2.48. The molecule has 2 rings (SSSR count). The Bertz CT molecular complexity index is 670. The SMILES string of the molecule is C.C.C.CC(C)c1cccc(C#N)c1.CC(C)n1ccccc1=O.[Y]. The topological polar surface area (TPSA) is 45.8 Å². The summed E-state index contributed by atoms with van der Waals surface area (Å²) in [5.41, 5.74) is 2.04. The first-order chi connectivity index (χ1) is 9.95. The minimum absolute atomic E-state index is 0. The molecule has 0 amide bonds. The van der Waals surface area contributed by atoms with Crippen LogP contribution in [0.1, 0.15) is 73.1 Å². The van der Waals surface area contributed by atoms with Crippen molar-refractivity contribution in [1.82, 2.24) is 4.57 Å². The Kier molecular flexibility index (Phi) is 20.5. The summed E-state index contributed by atoms with van der Waals surface area (Å²) in [6.07, 6.45) is 1.80. The number of hydrogen-bond acceptors (Lipinski definition) is 2. The van der Waals surface area contributed by atoms with E-state index in [4.69, 9.17) is 5.26 Å². The van der Waals surface area contributed by atoms with Gasteiger partial charge in [0.05, 0.1) is 11.6 Å². The standard InChI is InChI=1S/C10H11N.C8H11NO.3CH4.Y/c1-8(2)10-5-3-4-9(6-10)7-11;1-7(2)9-6-4-3-5-8(9)10;;;;/h3-6,8H,1-2H3;3-7H,1-2H3;3*1H4;. The van der Waals surface area contributed by atoms with Gasteiger partial charge in [-0.1, -0.05) is 54.3 Å². The number of nitriles is 1. The quantitative estimate of drug-likeness (QED) is 0.598. The third-order valence-electron chi connectivity index (χ3n) is 3.09. The van der Waals surface area contributed by atoms with E-state index in [1.807, 2.05) is 44.2 Å². The van der Waals surface area contributed by atoms with E-state index in [0.29, 0.717) is 5.92 Å². The molecule has 0 aliphatic heterocycles. The molecule has 0 fully saturated rings. The van der Waals surface area contributed by atoms with Crippen molar-refractivity contribution in [3.8, 4) is 6.07 Å². The van der Waals surface area contributed by atoms with Gasteiger partial charge >= 0.3 is 0 Å². The van der Waals surface area contributed by atoms with E-state index in [2.05, 4.69) is 19.9 Å². The second kappa shape index (κ2) is 16.2. The van der Waals surface area contributed by atoms with Crippen molar-refractivity contribution in [3.05, 3.63) is 70.1 Å². The van der Waals surface area contributed by atoms with Crippen molar-refractivity contribution >= 4 is 0 Å². The maximum atomic E-state index is 11.0. The van der Waals surface area contributed by atoms with Gasteiger partial charge in [0.15, 0.2) is 0 Å². The van der Waals surface area contributed by atoms with Gasteiger partial charge in [0.2, 0.25) is 0 Å². The Morgan fingerprint density at radius 3 is 1.96 bits per heavy atom. The zero-order valence-corrected chi connectivity index (χ0v) is 16.5. The van der Waals surface area contributed by atoms with Crippen LogP contribution in [0, 0.1) is 11.3 Å². The Morgan fingerprint density at radius 2 is 1.56 bits per heavy atom. The van der Waals surface area contributed by atoms with Crippen LogP contribution in [0.3, 0.4) is 0 Å². The molecule has 2 aromatic rings. The van der Waals surface area contributed by atoms with Crippen LogP contribution < -0.4 is 5.56 Å². The summed E-state index contributed by atoms with van der Waals surface area (Å²) in [4.78, 5) is 11.0. The van der Waals surface area contributed by atoms with Crippen LogP contribution in [0.4, 0.5) is 0 Å². The summed E-state index contributed by atoms with van der Waals surface area (Å²) in [6.45, 7) is 8.22. The summed E-state index contributed by atoms with van der Waals surface area (Å²) in [7, 11) is 0. The number of rotatable bonds is 2. The van der Waals surface area contributed by atoms with Gasteiger partial charge in [-0.2, -0.15) is 5.26 Å². The van der Waals surface area contributed by atoms with E-state index in [0.717, 1.165) is 5.56 Å². The maximum absolute atomic E-state index is 11.0. The van der Waals surface area contributed by atoms with Crippen molar-refractivity contribution in [3.63, 3.8) is 0 Å². The molecule has 0 spiro atoms. The van der Waals surface area contributed by atoms with E-state index < -0.39 is 0 Å². The van der Waals surface area contributed by atoms with Crippen LogP contribution in [-0.4, -0.2) is 4.57 Å². The van der Waals surface area contributed by atoms with Gasteiger partial charge in [0.25, 0.3) is 5.56 Å². The Hall–Kier alpha value is -1.24.